The molecule has 2 aromatic rings. The van der Waals surface area contributed by atoms with E-state index in [0.717, 1.165) is 0 Å². The third-order valence-electron chi connectivity index (χ3n) is 4.72. The highest BCUT2D eigenvalue weighted by atomic mass is 35.5. The fourth-order valence-electron chi connectivity index (χ4n) is 3.11. The molecule has 0 aliphatic carbocycles. The summed E-state index contributed by atoms with van der Waals surface area (Å²) in [5.74, 6) is 1.15. The lowest BCUT2D eigenvalue weighted by molar-refractivity contribution is -0.116. The van der Waals surface area contributed by atoms with Gasteiger partial charge < -0.3 is 20.1 Å². The highest BCUT2D eigenvalue weighted by Gasteiger charge is 2.34. The van der Waals surface area contributed by atoms with E-state index in [1.54, 1.807) is 19.3 Å². The number of anilines is 3. The SMILES string of the molecule is C=CC(=O)NCCNc1ncc2c(n1)N(C)C(=O)N(c1c(Cl)c(OC)cc(OC)c1Cl)C2. The number of carbonyl (C=O) groups is 2. The van der Waals surface area contributed by atoms with E-state index < -0.39 is 0 Å². The van der Waals surface area contributed by atoms with Crippen LogP contribution in [0.2, 0.25) is 10.0 Å². The molecule has 0 saturated heterocycles. The second-order valence-electron chi connectivity index (χ2n) is 6.65. The maximum atomic E-state index is 13.2. The summed E-state index contributed by atoms with van der Waals surface area (Å²) in [5.41, 5.74) is 0.957. The number of hydrogen-bond donors (Lipinski definition) is 2. The van der Waals surface area contributed by atoms with Crippen LogP contribution in [0.15, 0.2) is 24.9 Å². The van der Waals surface area contributed by atoms with Crippen LogP contribution in [0, 0.1) is 0 Å². The van der Waals surface area contributed by atoms with Gasteiger partial charge in [-0.2, -0.15) is 4.98 Å². The standard InChI is InChI=1S/C20H22Cl2N6O4/c1-5-14(29)23-6-7-24-19-25-9-11-10-28(20(30)27(2)18(11)26-19)17-15(21)12(31-3)8-13(32-4)16(17)22/h5,8-9H,1,6-7,10H2,2-4H3,(H,23,29)(H,24,25,26). The van der Waals surface area contributed by atoms with Crippen molar-refractivity contribution in [2.45, 2.75) is 6.54 Å². The molecule has 2 N–H and O–H groups in total. The van der Waals surface area contributed by atoms with Crippen molar-refractivity contribution in [3.8, 4) is 11.5 Å². The number of rotatable bonds is 8. The van der Waals surface area contributed by atoms with Gasteiger partial charge in [0, 0.05) is 38.0 Å². The van der Waals surface area contributed by atoms with E-state index in [-0.39, 0.29) is 34.2 Å². The number of ether oxygens (including phenoxy) is 2. The van der Waals surface area contributed by atoms with Crippen LogP contribution in [-0.2, 0) is 11.3 Å². The largest absolute Gasteiger partial charge is 0.495 e. The Morgan fingerprint density at radius 3 is 2.50 bits per heavy atom. The summed E-state index contributed by atoms with van der Waals surface area (Å²) in [6.45, 7) is 4.30. The number of nitrogens with zero attached hydrogens (tertiary/aromatic N) is 4. The average Bonchev–Trinajstić information content (AvgIpc) is 2.80. The average molecular weight is 481 g/mol. The number of urea groups is 1. The normalized spacial score (nSPS) is 12.8. The van der Waals surface area contributed by atoms with Gasteiger partial charge in [0.2, 0.25) is 11.9 Å². The number of benzene rings is 1. The van der Waals surface area contributed by atoms with Crippen molar-refractivity contribution < 1.29 is 19.1 Å². The Balaban J connectivity index is 1.87. The molecule has 1 aromatic heterocycles. The van der Waals surface area contributed by atoms with E-state index in [1.165, 1.54) is 30.1 Å². The van der Waals surface area contributed by atoms with E-state index in [1.807, 2.05) is 0 Å². The molecule has 0 atom stereocenters. The van der Waals surface area contributed by atoms with Crippen molar-refractivity contribution in [2.75, 3.05) is 49.5 Å². The van der Waals surface area contributed by atoms with Crippen molar-refractivity contribution in [1.29, 1.82) is 0 Å². The summed E-state index contributed by atoms with van der Waals surface area (Å²) in [4.78, 5) is 35.9. The summed E-state index contributed by atoms with van der Waals surface area (Å²) in [7, 11) is 4.51. The van der Waals surface area contributed by atoms with E-state index in [0.29, 0.717) is 41.9 Å². The van der Waals surface area contributed by atoms with Gasteiger partial charge in [-0.1, -0.05) is 29.8 Å². The molecule has 2 heterocycles. The van der Waals surface area contributed by atoms with E-state index >= 15 is 0 Å². The molecule has 1 aliphatic rings. The van der Waals surface area contributed by atoms with Gasteiger partial charge in [0.15, 0.2) is 0 Å². The van der Waals surface area contributed by atoms with Crippen LogP contribution in [0.1, 0.15) is 5.56 Å². The molecule has 1 aliphatic heterocycles. The van der Waals surface area contributed by atoms with Gasteiger partial charge in [-0.05, 0) is 6.08 Å². The predicted octanol–water partition coefficient (Wildman–Crippen LogP) is 3.09. The van der Waals surface area contributed by atoms with Crippen LogP contribution >= 0.6 is 23.2 Å². The van der Waals surface area contributed by atoms with Crippen LogP contribution in [0.5, 0.6) is 11.5 Å². The molecule has 3 rings (SSSR count). The number of methoxy groups -OCH3 is 2. The summed E-state index contributed by atoms with van der Waals surface area (Å²) in [6.07, 6.45) is 2.81. The highest BCUT2D eigenvalue weighted by molar-refractivity contribution is 6.42. The highest BCUT2D eigenvalue weighted by Crippen LogP contribution is 2.47. The molecule has 0 bridgehead atoms. The summed E-state index contributed by atoms with van der Waals surface area (Å²) in [6, 6.07) is 1.17. The first-order valence-corrected chi connectivity index (χ1v) is 10.2. The Morgan fingerprint density at radius 1 is 1.25 bits per heavy atom. The molecule has 0 radical (unpaired) electrons. The van der Waals surface area contributed by atoms with Crippen molar-refractivity contribution in [3.05, 3.63) is 40.5 Å². The molecule has 10 nitrogen and oxygen atoms in total. The first-order chi connectivity index (χ1) is 15.3. The van der Waals surface area contributed by atoms with E-state index in [2.05, 4.69) is 27.2 Å². The zero-order valence-corrected chi connectivity index (χ0v) is 19.3. The summed E-state index contributed by atoms with van der Waals surface area (Å²) >= 11 is 13.0. The van der Waals surface area contributed by atoms with Gasteiger partial charge in [0.1, 0.15) is 27.4 Å². The molecule has 12 heteroatoms. The second kappa shape index (κ2) is 9.92. The molecule has 0 unspecified atom stereocenters. The van der Waals surface area contributed by atoms with E-state index in [9.17, 15) is 9.59 Å². The molecule has 0 fully saturated rings. The molecule has 3 amide bonds. The van der Waals surface area contributed by atoms with Crippen LogP contribution in [-0.4, -0.2) is 56.3 Å². The first kappa shape index (κ1) is 23.4. The number of nitrogens with one attached hydrogen (secondary N) is 2. The predicted molar refractivity (Wildman–Crippen MR) is 123 cm³/mol. The van der Waals surface area contributed by atoms with Crippen LogP contribution in [0.25, 0.3) is 0 Å². The fraction of sp³-hybridized carbons (Fsp3) is 0.300. The molecular formula is C20H22Cl2N6O4. The Labute approximate surface area is 195 Å². The third kappa shape index (κ3) is 4.51. The molecular weight excluding hydrogens is 459 g/mol. The van der Waals surface area contributed by atoms with Crippen LogP contribution in [0.3, 0.4) is 0 Å². The molecule has 170 valence electrons. The zero-order chi connectivity index (χ0) is 23.4. The number of hydrogen-bond acceptors (Lipinski definition) is 7. The number of carbonyl (C=O) groups excluding carboxylic acids is 2. The van der Waals surface area contributed by atoms with Crippen LogP contribution < -0.4 is 29.9 Å². The van der Waals surface area contributed by atoms with Crippen molar-refractivity contribution in [2.24, 2.45) is 0 Å². The van der Waals surface area contributed by atoms with Gasteiger partial charge in [0.25, 0.3) is 0 Å². The maximum absolute atomic E-state index is 13.2. The first-order valence-electron chi connectivity index (χ1n) is 9.47. The van der Waals surface area contributed by atoms with Crippen molar-refractivity contribution in [3.63, 3.8) is 0 Å². The molecule has 0 saturated carbocycles. The lowest BCUT2D eigenvalue weighted by atomic mass is 10.2. The number of fused-ring (bicyclic) bond motifs is 1. The fourth-order valence-corrected chi connectivity index (χ4v) is 3.82. The molecule has 1 aromatic carbocycles. The third-order valence-corrected chi connectivity index (χ3v) is 5.45. The van der Waals surface area contributed by atoms with Gasteiger partial charge in [-0.3, -0.25) is 14.6 Å². The summed E-state index contributed by atoms with van der Waals surface area (Å²) < 4.78 is 10.6. The lowest BCUT2D eigenvalue weighted by Crippen LogP contribution is -2.46. The Morgan fingerprint density at radius 2 is 1.91 bits per heavy atom. The maximum Gasteiger partial charge on any atom is 0.330 e. The number of halogens is 2. The summed E-state index contributed by atoms with van der Waals surface area (Å²) in [5, 5.41) is 6.01. The van der Waals surface area contributed by atoms with Gasteiger partial charge in [-0.15, -0.1) is 0 Å². The topological polar surface area (TPSA) is 109 Å². The monoisotopic (exact) mass is 480 g/mol. The lowest BCUT2D eigenvalue weighted by Gasteiger charge is -2.35. The van der Waals surface area contributed by atoms with Gasteiger partial charge in [0.05, 0.1) is 26.5 Å². The minimum absolute atomic E-state index is 0.143. The number of amides is 3. The van der Waals surface area contributed by atoms with Gasteiger partial charge >= 0.3 is 6.03 Å². The van der Waals surface area contributed by atoms with Crippen LogP contribution in [0.4, 0.5) is 22.2 Å². The second-order valence-corrected chi connectivity index (χ2v) is 7.41. The number of aromatic nitrogens is 2. The Hall–Kier alpha value is -3.24. The minimum Gasteiger partial charge on any atom is -0.495 e. The zero-order valence-electron chi connectivity index (χ0n) is 17.7. The molecule has 0 spiro atoms. The van der Waals surface area contributed by atoms with Gasteiger partial charge in [-0.25, -0.2) is 9.78 Å². The van der Waals surface area contributed by atoms with Crippen molar-refractivity contribution in [1.82, 2.24) is 15.3 Å². The van der Waals surface area contributed by atoms with E-state index in [4.69, 9.17) is 32.7 Å². The van der Waals surface area contributed by atoms with Crippen molar-refractivity contribution >= 4 is 52.6 Å². The Bertz CT molecular complexity index is 1040. The smallest absolute Gasteiger partial charge is 0.330 e. The Kier molecular flexibility index (Phi) is 7.26. The minimum atomic E-state index is -0.389. The quantitative estimate of drug-likeness (QED) is 0.441. The molecule has 32 heavy (non-hydrogen) atoms.